The summed E-state index contributed by atoms with van der Waals surface area (Å²) in [4.78, 5) is 21.2. The van der Waals surface area contributed by atoms with Gasteiger partial charge >= 0.3 is 51.4 Å². The molecule has 0 aliphatic rings. The van der Waals surface area contributed by atoms with Crippen LogP contribution < -0.4 is 5.32 Å². The normalized spacial score (nSPS) is 9.85. The fraction of sp³-hybridized carbons (Fsp3) is 0.875. The minimum atomic E-state index is 0. The quantitative estimate of drug-likeness (QED) is 0.304. The van der Waals surface area contributed by atoms with Crippen LogP contribution in [0.25, 0.3) is 0 Å². The van der Waals surface area contributed by atoms with Gasteiger partial charge in [0.1, 0.15) is 6.29 Å². The van der Waals surface area contributed by atoms with Crippen molar-refractivity contribution >= 4 is 63.6 Å². The molecule has 0 atom stereocenters. The van der Waals surface area contributed by atoms with Gasteiger partial charge in [0.25, 0.3) is 0 Å². The van der Waals surface area contributed by atoms with Crippen molar-refractivity contribution < 1.29 is 9.59 Å². The number of unbranched alkanes of at least 4 members (excludes halogenated alkanes) is 10. The Labute approximate surface area is 167 Å². The molecule has 0 fully saturated rings. The molecule has 0 aromatic carbocycles. The second-order valence-corrected chi connectivity index (χ2v) is 5.26. The molecule has 0 bridgehead atoms. The first-order valence-electron chi connectivity index (χ1n) is 8.01. The Morgan fingerprint density at radius 3 is 1.75 bits per heavy atom. The summed E-state index contributed by atoms with van der Waals surface area (Å²) in [6.07, 6.45) is 15.5. The molecule has 0 radical (unpaired) electrons. The Bertz CT molecular complexity index is 223. The number of carbonyl (C=O) groups excluding carboxylic acids is 2. The summed E-state index contributed by atoms with van der Waals surface area (Å²) in [5.41, 5.74) is 0. The van der Waals surface area contributed by atoms with Gasteiger partial charge in [-0.25, -0.2) is 0 Å². The van der Waals surface area contributed by atoms with Crippen LogP contribution in [0.5, 0.6) is 0 Å². The summed E-state index contributed by atoms with van der Waals surface area (Å²) in [5.74, 6) is 0.00280. The van der Waals surface area contributed by atoms with Crippen LogP contribution in [-0.4, -0.2) is 70.1 Å². The molecule has 1 N–H and O–H groups in total. The predicted molar refractivity (Wildman–Crippen MR) is 87.3 cm³/mol. The van der Waals surface area contributed by atoms with Crippen molar-refractivity contribution in [3.05, 3.63) is 0 Å². The average molecular weight is 310 g/mol. The summed E-state index contributed by atoms with van der Waals surface area (Å²) in [7, 11) is 0. The Balaban J connectivity index is 0. The molecule has 0 saturated carbocycles. The van der Waals surface area contributed by atoms with E-state index in [9.17, 15) is 9.59 Å². The zero-order valence-electron chi connectivity index (χ0n) is 12.6. The van der Waals surface area contributed by atoms with Gasteiger partial charge in [0.05, 0.1) is 6.54 Å². The fourth-order valence-electron chi connectivity index (χ4n) is 2.19. The molecular formula is C16H32KNO2. The molecule has 0 aliphatic heterocycles. The summed E-state index contributed by atoms with van der Waals surface area (Å²) < 4.78 is 0. The maximum atomic E-state index is 11.2. The van der Waals surface area contributed by atoms with Crippen LogP contribution in [0.4, 0.5) is 0 Å². The van der Waals surface area contributed by atoms with Gasteiger partial charge in [0.2, 0.25) is 5.91 Å². The van der Waals surface area contributed by atoms with E-state index in [1.165, 1.54) is 57.8 Å². The molecule has 0 aromatic rings. The van der Waals surface area contributed by atoms with Crippen molar-refractivity contribution in [2.75, 3.05) is 6.54 Å². The molecule has 0 saturated heterocycles. The van der Waals surface area contributed by atoms with Crippen molar-refractivity contribution in [1.82, 2.24) is 5.32 Å². The summed E-state index contributed by atoms with van der Waals surface area (Å²) in [6.45, 7) is 2.40. The van der Waals surface area contributed by atoms with Crippen LogP contribution in [0.2, 0.25) is 0 Å². The van der Waals surface area contributed by atoms with E-state index in [0.717, 1.165) is 19.1 Å². The standard InChI is InChI=1S/C16H31NO2.K.H/c1-2-3-4-5-6-7-8-9-10-11-12-13-16(19)17-14-15-18;;/h15H,2-14H2,1H3,(H,17,19);;. The van der Waals surface area contributed by atoms with Gasteiger partial charge in [-0.2, -0.15) is 0 Å². The summed E-state index contributed by atoms with van der Waals surface area (Å²) in [6, 6.07) is 0. The summed E-state index contributed by atoms with van der Waals surface area (Å²) >= 11 is 0. The van der Waals surface area contributed by atoms with Crippen molar-refractivity contribution in [3.8, 4) is 0 Å². The molecule has 0 unspecified atom stereocenters. The van der Waals surface area contributed by atoms with Crippen LogP contribution in [0.1, 0.15) is 84.0 Å². The SMILES string of the molecule is CCCCCCCCCCCCCC(=O)NCC=O.[KH]. The van der Waals surface area contributed by atoms with E-state index in [4.69, 9.17) is 0 Å². The molecule has 0 aliphatic carbocycles. The van der Waals surface area contributed by atoms with Crippen LogP contribution in [0, 0.1) is 0 Å². The Morgan fingerprint density at radius 2 is 1.30 bits per heavy atom. The molecule has 0 rings (SSSR count). The van der Waals surface area contributed by atoms with Crippen LogP contribution in [0.15, 0.2) is 0 Å². The van der Waals surface area contributed by atoms with E-state index in [1.807, 2.05) is 0 Å². The van der Waals surface area contributed by atoms with Crippen molar-refractivity contribution in [3.63, 3.8) is 0 Å². The number of aldehydes is 1. The molecule has 114 valence electrons. The zero-order valence-corrected chi connectivity index (χ0v) is 12.6. The third-order valence-corrected chi connectivity index (χ3v) is 3.39. The van der Waals surface area contributed by atoms with Crippen LogP contribution in [0.3, 0.4) is 0 Å². The first kappa shape index (κ1) is 23.0. The second kappa shape index (κ2) is 19.8. The van der Waals surface area contributed by atoms with E-state index >= 15 is 0 Å². The molecule has 0 heterocycles. The third kappa shape index (κ3) is 18.8. The van der Waals surface area contributed by atoms with Crippen molar-refractivity contribution in [2.45, 2.75) is 84.0 Å². The molecule has 1 amide bonds. The first-order chi connectivity index (χ1) is 9.31. The van der Waals surface area contributed by atoms with Gasteiger partial charge in [-0.1, -0.05) is 71.1 Å². The molecule has 20 heavy (non-hydrogen) atoms. The Morgan fingerprint density at radius 1 is 0.850 bits per heavy atom. The number of hydrogen-bond donors (Lipinski definition) is 1. The second-order valence-electron chi connectivity index (χ2n) is 5.26. The molecule has 0 aromatic heterocycles. The van der Waals surface area contributed by atoms with Crippen molar-refractivity contribution in [2.24, 2.45) is 0 Å². The van der Waals surface area contributed by atoms with Crippen molar-refractivity contribution in [1.29, 1.82) is 0 Å². The number of rotatable bonds is 14. The average Bonchev–Trinajstić information content (AvgIpc) is 2.42. The van der Waals surface area contributed by atoms with E-state index in [1.54, 1.807) is 0 Å². The van der Waals surface area contributed by atoms with E-state index in [-0.39, 0.29) is 63.8 Å². The van der Waals surface area contributed by atoms with E-state index < -0.39 is 0 Å². The van der Waals surface area contributed by atoms with Gasteiger partial charge in [0.15, 0.2) is 0 Å². The topological polar surface area (TPSA) is 46.2 Å². The third-order valence-electron chi connectivity index (χ3n) is 3.39. The number of amides is 1. The van der Waals surface area contributed by atoms with Gasteiger partial charge in [0, 0.05) is 6.42 Å². The van der Waals surface area contributed by atoms with Gasteiger partial charge in [-0.3, -0.25) is 4.79 Å². The minimum absolute atomic E-state index is 0. The van der Waals surface area contributed by atoms with Crippen LogP contribution in [-0.2, 0) is 9.59 Å². The summed E-state index contributed by atoms with van der Waals surface area (Å²) in [5, 5.41) is 2.56. The maximum absolute atomic E-state index is 11.2. The van der Waals surface area contributed by atoms with Crippen LogP contribution >= 0.6 is 0 Å². The van der Waals surface area contributed by atoms with Gasteiger partial charge < -0.3 is 10.1 Å². The molecule has 4 heteroatoms. The first-order valence-corrected chi connectivity index (χ1v) is 8.01. The number of nitrogens with one attached hydrogen (secondary N) is 1. The monoisotopic (exact) mass is 309 g/mol. The molecular weight excluding hydrogens is 277 g/mol. The molecule has 3 nitrogen and oxygen atoms in total. The predicted octanol–water partition coefficient (Wildman–Crippen LogP) is 3.35. The fourth-order valence-corrected chi connectivity index (χ4v) is 2.19. The van der Waals surface area contributed by atoms with E-state index in [2.05, 4.69) is 12.2 Å². The van der Waals surface area contributed by atoms with Gasteiger partial charge in [-0.05, 0) is 6.42 Å². The zero-order chi connectivity index (χ0) is 14.2. The Hall–Kier alpha value is 0.776. The number of carbonyl (C=O) groups is 2. The van der Waals surface area contributed by atoms with Gasteiger partial charge in [-0.15, -0.1) is 0 Å². The Kier molecular flexibility index (Phi) is 22.8. The number of hydrogen-bond acceptors (Lipinski definition) is 2. The van der Waals surface area contributed by atoms with E-state index in [0.29, 0.717) is 6.42 Å². The molecule has 0 spiro atoms.